The Hall–Kier alpha value is -1.95. The summed E-state index contributed by atoms with van der Waals surface area (Å²) in [6.07, 6.45) is 2.77. The first-order valence-corrected chi connectivity index (χ1v) is 10.1. The van der Waals surface area contributed by atoms with E-state index < -0.39 is 28.9 Å². The van der Waals surface area contributed by atoms with Crippen molar-refractivity contribution in [2.75, 3.05) is 0 Å². The van der Waals surface area contributed by atoms with Gasteiger partial charge in [-0.05, 0) is 30.6 Å². The molecule has 0 bridgehead atoms. The summed E-state index contributed by atoms with van der Waals surface area (Å²) in [5.74, 6) is -1.27. The second-order valence-electron chi connectivity index (χ2n) is 9.63. The molecule has 0 amide bonds. The Balaban J connectivity index is 1.99. The largest absolute Gasteiger partial charge is 0.465 e. The summed E-state index contributed by atoms with van der Waals surface area (Å²) in [6, 6.07) is 0. The van der Waals surface area contributed by atoms with Crippen LogP contribution < -0.4 is 0 Å². The minimum Gasteiger partial charge on any atom is -0.465 e. The predicted molar refractivity (Wildman–Crippen MR) is 99.8 cm³/mol. The Morgan fingerprint density at radius 3 is 2.54 bits per heavy atom. The molecule has 1 aromatic rings. The predicted octanol–water partition coefficient (Wildman–Crippen LogP) is 3.29. The van der Waals surface area contributed by atoms with Crippen molar-refractivity contribution in [2.45, 2.75) is 77.4 Å². The molecule has 0 unspecified atom stereocenters. The van der Waals surface area contributed by atoms with Crippen molar-refractivity contribution in [3.8, 4) is 0 Å². The molecule has 4 rings (SSSR count). The van der Waals surface area contributed by atoms with E-state index in [0.29, 0.717) is 30.4 Å². The summed E-state index contributed by atoms with van der Waals surface area (Å²) in [4.78, 5) is 37.8. The zero-order valence-corrected chi connectivity index (χ0v) is 17.1. The van der Waals surface area contributed by atoms with Gasteiger partial charge in [-0.3, -0.25) is 14.4 Å². The van der Waals surface area contributed by atoms with E-state index in [4.69, 9.17) is 9.15 Å². The van der Waals surface area contributed by atoms with Gasteiger partial charge in [0.15, 0.2) is 17.5 Å². The zero-order valence-electron chi connectivity index (χ0n) is 17.1. The number of hydrogen-bond acceptors (Lipinski definition) is 6. The third-order valence-electron chi connectivity index (χ3n) is 7.64. The molecule has 0 aliphatic heterocycles. The van der Waals surface area contributed by atoms with E-state index in [9.17, 15) is 19.5 Å². The summed E-state index contributed by atoms with van der Waals surface area (Å²) >= 11 is 0. The van der Waals surface area contributed by atoms with Crippen LogP contribution in [0.15, 0.2) is 10.7 Å². The van der Waals surface area contributed by atoms with Gasteiger partial charge in [0.2, 0.25) is 5.78 Å². The molecule has 0 spiro atoms. The number of carbonyl (C=O) groups is 3. The SMILES string of the molecule is CC(=O)O[C@H]1C(=O)[C@@]2(O)c3occ4c3[C@@](C)(CCC4=O)CC[C@]2(C)[C@H]1C(C)C. The van der Waals surface area contributed by atoms with Crippen molar-refractivity contribution < 1.29 is 28.6 Å². The molecule has 28 heavy (non-hydrogen) atoms. The summed E-state index contributed by atoms with van der Waals surface area (Å²) in [7, 11) is 0. The molecule has 1 fully saturated rings. The van der Waals surface area contributed by atoms with Gasteiger partial charge in [-0.15, -0.1) is 0 Å². The Morgan fingerprint density at radius 2 is 1.93 bits per heavy atom. The molecule has 0 radical (unpaired) electrons. The van der Waals surface area contributed by atoms with E-state index in [1.807, 2.05) is 20.8 Å². The maximum Gasteiger partial charge on any atom is 0.303 e. The number of furan rings is 1. The third-order valence-corrected chi connectivity index (χ3v) is 7.64. The lowest BCUT2D eigenvalue weighted by Gasteiger charge is -2.41. The first kappa shape index (κ1) is 19.4. The maximum atomic E-state index is 13.6. The van der Waals surface area contributed by atoms with Gasteiger partial charge in [-0.1, -0.05) is 27.7 Å². The molecular formula is C22H28O6. The number of esters is 1. The minimum absolute atomic E-state index is 0.00123. The van der Waals surface area contributed by atoms with Crippen LogP contribution in [-0.4, -0.2) is 28.7 Å². The maximum absolute atomic E-state index is 13.6. The lowest BCUT2D eigenvalue weighted by Crippen LogP contribution is -2.46. The Bertz CT molecular complexity index is 882. The number of Topliss-reactive ketones (excluding diaryl/α,β-unsaturated/α-hetero) is 2. The third kappa shape index (κ3) is 2.15. The molecule has 3 aliphatic rings. The van der Waals surface area contributed by atoms with E-state index in [0.717, 1.165) is 6.42 Å². The minimum atomic E-state index is -1.93. The molecule has 6 heteroatoms. The summed E-state index contributed by atoms with van der Waals surface area (Å²) in [5.41, 5.74) is -1.97. The van der Waals surface area contributed by atoms with E-state index in [1.165, 1.54) is 13.2 Å². The van der Waals surface area contributed by atoms with Crippen LogP contribution in [0.5, 0.6) is 0 Å². The smallest absolute Gasteiger partial charge is 0.303 e. The number of rotatable bonds is 2. The fourth-order valence-electron chi connectivity index (χ4n) is 6.20. The first-order valence-electron chi connectivity index (χ1n) is 10.1. The van der Waals surface area contributed by atoms with Crippen molar-refractivity contribution in [1.29, 1.82) is 0 Å². The highest BCUT2D eigenvalue weighted by molar-refractivity contribution is 6.02. The van der Waals surface area contributed by atoms with Crippen LogP contribution in [0.3, 0.4) is 0 Å². The number of carbonyl (C=O) groups excluding carboxylic acids is 3. The molecule has 3 aliphatic carbocycles. The fourth-order valence-corrected chi connectivity index (χ4v) is 6.20. The molecule has 152 valence electrons. The summed E-state index contributed by atoms with van der Waals surface area (Å²) in [5, 5.41) is 12.0. The van der Waals surface area contributed by atoms with Crippen molar-refractivity contribution in [2.24, 2.45) is 17.3 Å². The average Bonchev–Trinajstić information content (AvgIpc) is 3.11. The van der Waals surface area contributed by atoms with Gasteiger partial charge in [0.1, 0.15) is 12.0 Å². The van der Waals surface area contributed by atoms with Crippen LogP contribution in [0.4, 0.5) is 0 Å². The molecule has 1 heterocycles. The van der Waals surface area contributed by atoms with Gasteiger partial charge in [0.05, 0.1) is 5.56 Å². The molecule has 0 saturated heterocycles. The Kier molecular flexibility index (Phi) is 4.00. The molecule has 1 aromatic heterocycles. The van der Waals surface area contributed by atoms with Crippen molar-refractivity contribution in [1.82, 2.24) is 0 Å². The van der Waals surface area contributed by atoms with E-state index >= 15 is 0 Å². The lowest BCUT2D eigenvalue weighted by atomic mass is 9.64. The molecule has 1 N–H and O–H groups in total. The lowest BCUT2D eigenvalue weighted by molar-refractivity contribution is -0.159. The second-order valence-corrected chi connectivity index (χ2v) is 9.63. The number of aliphatic hydroxyl groups is 1. The second kappa shape index (κ2) is 5.78. The average molecular weight is 388 g/mol. The van der Waals surface area contributed by atoms with Crippen molar-refractivity contribution in [3.63, 3.8) is 0 Å². The molecular weight excluding hydrogens is 360 g/mol. The first-order chi connectivity index (χ1) is 13.0. The zero-order chi connectivity index (χ0) is 20.6. The van der Waals surface area contributed by atoms with Crippen molar-refractivity contribution >= 4 is 17.5 Å². The standard InChI is InChI=1S/C22H28O6/c1-11(2)15-17(28-12(3)23)18(25)22(26)19-16-13(10-27-19)14(24)6-7-20(16,4)8-9-21(15,22)5/h10-11,15,17,26H,6-9H2,1-5H3/t15-,17+,20-,21+,22+/m0/s1. The molecule has 1 saturated carbocycles. The van der Waals surface area contributed by atoms with E-state index in [1.54, 1.807) is 0 Å². The van der Waals surface area contributed by atoms with Gasteiger partial charge >= 0.3 is 5.97 Å². The molecule has 5 atom stereocenters. The number of ether oxygens (including phenoxy) is 1. The van der Waals surface area contributed by atoms with Gasteiger partial charge in [0.25, 0.3) is 0 Å². The van der Waals surface area contributed by atoms with Crippen LogP contribution in [0.2, 0.25) is 0 Å². The Labute approximate surface area is 164 Å². The summed E-state index contributed by atoms with van der Waals surface area (Å²) < 4.78 is 11.2. The van der Waals surface area contributed by atoms with Crippen LogP contribution >= 0.6 is 0 Å². The van der Waals surface area contributed by atoms with Crippen LogP contribution in [-0.2, 0) is 25.3 Å². The van der Waals surface area contributed by atoms with Crippen LogP contribution in [0.1, 0.15) is 82.0 Å². The van der Waals surface area contributed by atoms with E-state index in [-0.39, 0.29) is 28.8 Å². The molecule has 6 nitrogen and oxygen atoms in total. The topological polar surface area (TPSA) is 93.8 Å². The van der Waals surface area contributed by atoms with Gasteiger partial charge in [0, 0.05) is 30.2 Å². The van der Waals surface area contributed by atoms with Crippen molar-refractivity contribution in [3.05, 3.63) is 23.2 Å². The van der Waals surface area contributed by atoms with Crippen LogP contribution in [0, 0.1) is 17.3 Å². The highest BCUT2D eigenvalue weighted by Crippen LogP contribution is 2.64. The number of hydrogen-bond donors (Lipinski definition) is 1. The van der Waals surface area contributed by atoms with Gasteiger partial charge in [-0.2, -0.15) is 0 Å². The fraction of sp³-hybridized carbons (Fsp3) is 0.682. The van der Waals surface area contributed by atoms with Crippen LogP contribution in [0.25, 0.3) is 0 Å². The quantitative estimate of drug-likeness (QED) is 0.782. The highest BCUT2D eigenvalue weighted by Gasteiger charge is 2.72. The number of ketones is 2. The summed E-state index contributed by atoms with van der Waals surface area (Å²) in [6.45, 7) is 9.22. The highest BCUT2D eigenvalue weighted by atomic mass is 16.5. The normalized spacial score (nSPS) is 39.5. The monoisotopic (exact) mass is 388 g/mol. The van der Waals surface area contributed by atoms with Gasteiger partial charge < -0.3 is 14.3 Å². The Morgan fingerprint density at radius 1 is 1.25 bits per heavy atom. The molecule has 0 aromatic carbocycles. The van der Waals surface area contributed by atoms with E-state index in [2.05, 4.69) is 6.92 Å². The van der Waals surface area contributed by atoms with Gasteiger partial charge in [-0.25, -0.2) is 0 Å². The number of fused-ring (bicyclic) bond motifs is 2.